The fourth-order valence-electron chi connectivity index (χ4n) is 3.15. The van der Waals surface area contributed by atoms with Crippen molar-refractivity contribution in [3.05, 3.63) is 39.8 Å². The van der Waals surface area contributed by atoms with Gasteiger partial charge in [0.2, 0.25) is 5.01 Å². The lowest BCUT2D eigenvalue weighted by atomic mass is 9.99. The van der Waals surface area contributed by atoms with Gasteiger partial charge in [-0.2, -0.15) is 0 Å². The molecule has 1 aromatic heterocycles. The Morgan fingerprint density at radius 2 is 2.11 bits per heavy atom. The van der Waals surface area contributed by atoms with Crippen molar-refractivity contribution < 1.29 is 9.59 Å². The maximum absolute atomic E-state index is 12.5. The molecule has 3 rings (SSSR count). The predicted molar refractivity (Wildman–Crippen MR) is 111 cm³/mol. The van der Waals surface area contributed by atoms with Gasteiger partial charge in [-0.15, -0.1) is 10.2 Å². The average molecular weight is 402 g/mol. The number of anilines is 1. The predicted octanol–water partition coefficient (Wildman–Crippen LogP) is 3.79. The molecule has 1 aliphatic heterocycles. The molecule has 2 atom stereocenters. The highest BCUT2D eigenvalue weighted by Crippen LogP contribution is 2.29. The third kappa shape index (κ3) is 4.86. The van der Waals surface area contributed by atoms with Crippen LogP contribution in [0.15, 0.2) is 24.3 Å². The van der Waals surface area contributed by atoms with Gasteiger partial charge in [-0.1, -0.05) is 36.5 Å². The van der Waals surface area contributed by atoms with Crippen molar-refractivity contribution in [2.75, 3.05) is 18.4 Å². The van der Waals surface area contributed by atoms with Crippen molar-refractivity contribution in [2.45, 2.75) is 52.0 Å². The highest BCUT2D eigenvalue weighted by atomic mass is 32.1. The quantitative estimate of drug-likeness (QED) is 0.798. The minimum atomic E-state index is -0.250. The Bertz CT molecular complexity index is 838. The Hall–Kier alpha value is -2.48. The molecule has 0 spiro atoms. The summed E-state index contributed by atoms with van der Waals surface area (Å²) in [5.41, 5.74) is 1.77. The van der Waals surface area contributed by atoms with Crippen molar-refractivity contribution in [1.29, 1.82) is 0 Å². The van der Waals surface area contributed by atoms with Crippen LogP contribution in [0.1, 0.15) is 59.4 Å². The Morgan fingerprint density at radius 1 is 1.32 bits per heavy atom. The smallest absolute Gasteiger partial charge is 0.317 e. The summed E-state index contributed by atoms with van der Waals surface area (Å²) in [6, 6.07) is 7.76. The van der Waals surface area contributed by atoms with Crippen LogP contribution in [0.2, 0.25) is 0 Å². The number of aromatic nitrogens is 2. The molecule has 1 aromatic carbocycles. The van der Waals surface area contributed by atoms with Gasteiger partial charge in [0.05, 0.1) is 0 Å². The van der Waals surface area contributed by atoms with E-state index in [1.165, 1.54) is 11.3 Å². The minimum absolute atomic E-state index is 0.0268. The Labute approximate surface area is 169 Å². The number of benzene rings is 1. The summed E-state index contributed by atoms with van der Waals surface area (Å²) in [5.74, 6) is -0.130. The molecule has 150 valence electrons. The first-order valence-corrected chi connectivity index (χ1v) is 10.6. The standard InChI is InChI=1S/C20H27N5O2S/c1-4-14(3)21-20(27)25-11-7-9-15(12-25)18-23-24-19(28-18)17(26)22-16-10-6-5-8-13(16)2/h5-6,8,10,14-15H,4,7,9,11-12H2,1-3H3,(H,21,27)(H,22,26)/t14-,15-/m0/s1. The molecule has 0 saturated carbocycles. The fraction of sp³-hybridized carbons (Fsp3) is 0.500. The Balaban J connectivity index is 1.63. The number of nitrogens with zero attached hydrogens (tertiary/aromatic N) is 3. The van der Waals surface area contributed by atoms with Gasteiger partial charge >= 0.3 is 6.03 Å². The van der Waals surface area contributed by atoms with Gasteiger partial charge < -0.3 is 15.5 Å². The number of nitrogens with one attached hydrogen (secondary N) is 2. The van der Waals surface area contributed by atoms with Crippen LogP contribution < -0.4 is 10.6 Å². The van der Waals surface area contributed by atoms with Crippen molar-refractivity contribution >= 4 is 29.0 Å². The molecule has 1 aliphatic rings. The summed E-state index contributed by atoms with van der Waals surface area (Å²) in [6.07, 6.45) is 2.77. The molecule has 0 aliphatic carbocycles. The second kappa shape index (κ2) is 9.14. The lowest BCUT2D eigenvalue weighted by molar-refractivity contribution is 0.102. The number of piperidine rings is 1. The van der Waals surface area contributed by atoms with E-state index in [9.17, 15) is 9.59 Å². The molecule has 0 radical (unpaired) electrons. The van der Waals surface area contributed by atoms with Gasteiger partial charge in [0.25, 0.3) is 5.91 Å². The van der Waals surface area contributed by atoms with Crippen molar-refractivity contribution in [2.24, 2.45) is 0 Å². The topological polar surface area (TPSA) is 87.2 Å². The summed E-state index contributed by atoms with van der Waals surface area (Å²) >= 11 is 1.31. The van der Waals surface area contributed by atoms with Crippen molar-refractivity contribution in [1.82, 2.24) is 20.4 Å². The van der Waals surface area contributed by atoms with Gasteiger partial charge in [0, 0.05) is 30.7 Å². The number of carbonyl (C=O) groups excluding carboxylic acids is 2. The molecular weight excluding hydrogens is 374 g/mol. The Kier molecular flexibility index (Phi) is 6.61. The number of rotatable bonds is 5. The second-order valence-electron chi connectivity index (χ2n) is 7.26. The number of amides is 3. The van der Waals surface area contributed by atoms with E-state index >= 15 is 0 Å². The monoisotopic (exact) mass is 401 g/mol. The van der Waals surface area contributed by atoms with Crippen LogP contribution in [0.3, 0.4) is 0 Å². The third-order valence-electron chi connectivity index (χ3n) is 5.07. The van der Waals surface area contributed by atoms with Gasteiger partial charge in [0.1, 0.15) is 5.01 Å². The lowest BCUT2D eigenvalue weighted by Crippen LogP contribution is -2.47. The molecule has 2 N–H and O–H groups in total. The zero-order chi connectivity index (χ0) is 20.1. The molecular formula is C20H27N5O2S. The third-order valence-corrected chi connectivity index (χ3v) is 6.15. The van der Waals surface area contributed by atoms with Gasteiger partial charge in [-0.3, -0.25) is 4.79 Å². The largest absolute Gasteiger partial charge is 0.336 e. The molecule has 1 fully saturated rings. The fourth-order valence-corrected chi connectivity index (χ4v) is 4.01. The number of aryl methyl sites for hydroxylation is 1. The van der Waals surface area contributed by atoms with Crippen molar-refractivity contribution in [3.63, 3.8) is 0 Å². The van der Waals surface area contributed by atoms with E-state index in [4.69, 9.17) is 0 Å². The normalized spacial score (nSPS) is 17.8. The van der Waals surface area contributed by atoms with E-state index in [0.717, 1.165) is 42.1 Å². The molecule has 2 heterocycles. The minimum Gasteiger partial charge on any atom is -0.336 e. The van der Waals surface area contributed by atoms with E-state index in [1.54, 1.807) is 0 Å². The van der Waals surface area contributed by atoms with Crippen LogP contribution in [0, 0.1) is 6.92 Å². The maximum Gasteiger partial charge on any atom is 0.317 e. The zero-order valence-corrected chi connectivity index (χ0v) is 17.4. The SMILES string of the molecule is CC[C@H](C)NC(=O)N1CCC[C@H](c2nnc(C(=O)Nc3ccccc3C)s2)C1. The zero-order valence-electron chi connectivity index (χ0n) is 16.6. The number of hydrogen-bond donors (Lipinski definition) is 2. The van der Waals surface area contributed by atoms with E-state index in [1.807, 2.05) is 43.0 Å². The van der Waals surface area contributed by atoms with Crippen LogP contribution >= 0.6 is 11.3 Å². The highest BCUT2D eigenvalue weighted by molar-refractivity contribution is 7.13. The molecule has 8 heteroatoms. The summed E-state index contributed by atoms with van der Waals surface area (Å²) in [4.78, 5) is 26.8. The maximum atomic E-state index is 12.5. The highest BCUT2D eigenvalue weighted by Gasteiger charge is 2.28. The van der Waals surface area contributed by atoms with Crippen LogP contribution in [0.5, 0.6) is 0 Å². The summed E-state index contributed by atoms with van der Waals surface area (Å²) in [7, 11) is 0. The average Bonchev–Trinajstić information content (AvgIpc) is 3.20. The molecule has 0 bridgehead atoms. The van der Waals surface area contributed by atoms with Gasteiger partial charge in [0.15, 0.2) is 0 Å². The second-order valence-corrected chi connectivity index (χ2v) is 8.27. The van der Waals surface area contributed by atoms with Crippen molar-refractivity contribution in [3.8, 4) is 0 Å². The number of hydrogen-bond acceptors (Lipinski definition) is 5. The molecule has 28 heavy (non-hydrogen) atoms. The number of carbonyl (C=O) groups is 2. The number of urea groups is 1. The van der Waals surface area contributed by atoms with Gasteiger partial charge in [-0.25, -0.2) is 4.79 Å². The molecule has 0 unspecified atom stereocenters. The lowest BCUT2D eigenvalue weighted by Gasteiger charge is -2.32. The van der Waals surface area contributed by atoms with Crippen LogP contribution in [0.25, 0.3) is 0 Å². The molecule has 3 amide bonds. The first-order chi connectivity index (χ1) is 13.5. The summed E-state index contributed by atoms with van der Waals surface area (Å²) in [6.45, 7) is 7.36. The van der Waals surface area contributed by atoms with Gasteiger partial charge in [-0.05, 0) is 44.7 Å². The number of likely N-dealkylation sites (tertiary alicyclic amines) is 1. The van der Waals surface area contributed by atoms with E-state index < -0.39 is 0 Å². The van der Waals surface area contributed by atoms with E-state index in [2.05, 4.69) is 27.8 Å². The van der Waals surface area contributed by atoms with E-state index in [-0.39, 0.29) is 23.9 Å². The summed E-state index contributed by atoms with van der Waals surface area (Å²) in [5, 5.41) is 15.4. The molecule has 7 nitrogen and oxygen atoms in total. The Morgan fingerprint density at radius 3 is 2.86 bits per heavy atom. The first-order valence-electron chi connectivity index (χ1n) is 9.73. The van der Waals surface area contributed by atoms with Crippen LogP contribution in [-0.2, 0) is 0 Å². The van der Waals surface area contributed by atoms with Crippen LogP contribution in [0.4, 0.5) is 10.5 Å². The number of para-hydroxylation sites is 1. The van der Waals surface area contributed by atoms with Crippen LogP contribution in [-0.4, -0.2) is 46.2 Å². The first kappa shape index (κ1) is 20.3. The molecule has 2 aromatic rings. The van der Waals surface area contributed by atoms with E-state index in [0.29, 0.717) is 11.6 Å². The summed E-state index contributed by atoms with van der Waals surface area (Å²) < 4.78 is 0. The molecule has 1 saturated heterocycles.